The van der Waals surface area contributed by atoms with Gasteiger partial charge in [-0.2, -0.15) is 0 Å². The highest BCUT2D eigenvalue weighted by atomic mass is 16.5. The molecule has 152 valence electrons. The first-order chi connectivity index (χ1) is 12.6. The van der Waals surface area contributed by atoms with Crippen LogP contribution in [0.15, 0.2) is 12.2 Å². The SMILES string of the molecule is CC.CCCCCCN1C(=O)C=CC1=O.COCCCNC=O.NC=O. The number of hydrogen-bond acceptors (Lipinski definition) is 5. The Morgan fingerprint density at radius 2 is 1.62 bits per heavy atom. The zero-order valence-corrected chi connectivity index (χ0v) is 16.5. The fourth-order valence-electron chi connectivity index (χ4n) is 1.73. The van der Waals surface area contributed by atoms with Crippen LogP contribution in [-0.4, -0.2) is 56.3 Å². The van der Waals surface area contributed by atoms with E-state index in [9.17, 15) is 14.4 Å². The first-order valence-electron chi connectivity index (χ1n) is 8.93. The number of imide groups is 1. The van der Waals surface area contributed by atoms with Gasteiger partial charge in [0, 0.05) is 39.0 Å². The van der Waals surface area contributed by atoms with Crippen molar-refractivity contribution in [2.24, 2.45) is 5.73 Å². The van der Waals surface area contributed by atoms with Gasteiger partial charge in [0.25, 0.3) is 11.8 Å². The topological polar surface area (TPSA) is 119 Å². The fourth-order valence-corrected chi connectivity index (χ4v) is 1.73. The average Bonchev–Trinajstić information content (AvgIpc) is 2.97. The van der Waals surface area contributed by atoms with Gasteiger partial charge in [0.05, 0.1) is 0 Å². The van der Waals surface area contributed by atoms with Crippen LogP contribution in [0, 0.1) is 0 Å². The predicted octanol–water partition coefficient (Wildman–Crippen LogP) is 1.39. The van der Waals surface area contributed by atoms with E-state index < -0.39 is 0 Å². The van der Waals surface area contributed by atoms with Crippen LogP contribution in [0.25, 0.3) is 0 Å². The van der Waals surface area contributed by atoms with Crippen molar-refractivity contribution in [3.05, 3.63) is 12.2 Å². The molecule has 0 spiro atoms. The molecule has 0 atom stereocenters. The van der Waals surface area contributed by atoms with E-state index in [4.69, 9.17) is 9.53 Å². The number of carbonyl (C=O) groups excluding carboxylic acids is 4. The molecule has 1 rings (SSSR count). The lowest BCUT2D eigenvalue weighted by atomic mass is 10.2. The van der Waals surface area contributed by atoms with Crippen LogP contribution in [0.2, 0.25) is 0 Å². The van der Waals surface area contributed by atoms with E-state index in [1.54, 1.807) is 7.11 Å². The van der Waals surface area contributed by atoms with Gasteiger partial charge < -0.3 is 15.8 Å². The monoisotopic (exact) mass is 373 g/mol. The molecule has 0 radical (unpaired) electrons. The lowest BCUT2D eigenvalue weighted by Gasteiger charge is -2.12. The summed E-state index contributed by atoms with van der Waals surface area (Å²) in [6.45, 7) is 8.12. The average molecular weight is 373 g/mol. The normalized spacial score (nSPS) is 11.3. The van der Waals surface area contributed by atoms with Crippen LogP contribution in [-0.2, 0) is 23.9 Å². The molecule has 1 heterocycles. The molecule has 0 aromatic carbocycles. The predicted molar refractivity (Wildman–Crippen MR) is 102 cm³/mol. The summed E-state index contributed by atoms with van der Waals surface area (Å²) < 4.78 is 4.73. The molecule has 1 aliphatic heterocycles. The molecule has 0 fully saturated rings. The van der Waals surface area contributed by atoms with Crippen molar-refractivity contribution in [1.29, 1.82) is 0 Å². The highest BCUT2D eigenvalue weighted by Crippen LogP contribution is 2.07. The number of unbranched alkanes of at least 4 members (excludes halogenated alkanes) is 3. The van der Waals surface area contributed by atoms with Crippen LogP contribution in [0.5, 0.6) is 0 Å². The van der Waals surface area contributed by atoms with Gasteiger partial charge in [-0.1, -0.05) is 40.0 Å². The van der Waals surface area contributed by atoms with Crippen molar-refractivity contribution < 1.29 is 23.9 Å². The second kappa shape index (κ2) is 25.0. The number of carbonyl (C=O) groups is 4. The molecule has 8 nitrogen and oxygen atoms in total. The number of nitrogens with one attached hydrogen (secondary N) is 1. The molecule has 0 saturated heterocycles. The standard InChI is InChI=1S/C10H15NO2.C5H11NO2.C2H6.CH3NO/c1-2-3-4-5-8-11-9(12)6-7-10(11)13;1-8-4-2-3-6-5-7;1-2;2-1-3/h6-7H,2-5,8H2,1H3;5H,2-4H2,1H3,(H,6,7);1-2H3;1H,(H2,2,3). The third-order valence-corrected chi connectivity index (χ3v) is 2.89. The van der Waals surface area contributed by atoms with Crippen molar-refractivity contribution in [1.82, 2.24) is 10.2 Å². The largest absolute Gasteiger partial charge is 0.385 e. The zero-order chi connectivity index (χ0) is 20.6. The molecule has 4 amide bonds. The van der Waals surface area contributed by atoms with Gasteiger partial charge in [-0.05, 0) is 12.8 Å². The Labute approximate surface area is 157 Å². The van der Waals surface area contributed by atoms with Gasteiger partial charge in [-0.15, -0.1) is 0 Å². The van der Waals surface area contributed by atoms with Crippen molar-refractivity contribution in [3.63, 3.8) is 0 Å². The summed E-state index contributed by atoms with van der Waals surface area (Å²) >= 11 is 0. The molecular formula is C18H35N3O5. The smallest absolute Gasteiger partial charge is 0.253 e. The molecule has 0 aliphatic carbocycles. The van der Waals surface area contributed by atoms with Crippen LogP contribution in [0.1, 0.15) is 52.9 Å². The maximum absolute atomic E-state index is 11.1. The van der Waals surface area contributed by atoms with Crippen molar-refractivity contribution in [2.45, 2.75) is 52.9 Å². The summed E-state index contributed by atoms with van der Waals surface area (Å²) in [4.78, 5) is 41.6. The van der Waals surface area contributed by atoms with E-state index in [1.165, 1.54) is 29.9 Å². The number of nitrogens with zero attached hydrogens (tertiary/aromatic N) is 1. The van der Waals surface area contributed by atoms with Crippen LogP contribution >= 0.6 is 0 Å². The summed E-state index contributed by atoms with van der Waals surface area (Å²) in [5, 5.41) is 2.52. The Hall–Kier alpha value is -2.22. The lowest BCUT2D eigenvalue weighted by molar-refractivity contribution is -0.136. The number of nitrogens with two attached hydrogens (primary N) is 1. The van der Waals surface area contributed by atoms with Gasteiger partial charge in [0.2, 0.25) is 12.8 Å². The van der Waals surface area contributed by atoms with Crippen molar-refractivity contribution in [2.75, 3.05) is 26.8 Å². The molecule has 8 heteroatoms. The minimum absolute atomic E-state index is 0.165. The highest BCUT2D eigenvalue weighted by molar-refractivity contribution is 6.12. The maximum atomic E-state index is 11.1. The van der Waals surface area contributed by atoms with Gasteiger partial charge in [0.1, 0.15) is 0 Å². The minimum atomic E-state index is -0.165. The van der Waals surface area contributed by atoms with Gasteiger partial charge in [0.15, 0.2) is 0 Å². The molecule has 0 unspecified atom stereocenters. The first-order valence-corrected chi connectivity index (χ1v) is 8.93. The number of methoxy groups -OCH3 is 1. The number of ether oxygens (including phenoxy) is 1. The van der Waals surface area contributed by atoms with E-state index in [0.717, 1.165) is 19.3 Å². The Morgan fingerprint density at radius 1 is 1.08 bits per heavy atom. The molecular weight excluding hydrogens is 338 g/mol. The summed E-state index contributed by atoms with van der Waals surface area (Å²) in [5.74, 6) is -0.331. The Morgan fingerprint density at radius 3 is 2.04 bits per heavy atom. The minimum Gasteiger partial charge on any atom is -0.385 e. The van der Waals surface area contributed by atoms with Gasteiger partial charge in [-0.25, -0.2) is 0 Å². The molecule has 0 bridgehead atoms. The molecule has 0 saturated carbocycles. The van der Waals surface area contributed by atoms with E-state index in [2.05, 4.69) is 18.0 Å². The van der Waals surface area contributed by atoms with Gasteiger partial charge in [-0.3, -0.25) is 24.1 Å². The zero-order valence-electron chi connectivity index (χ0n) is 16.5. The number of amides is 4. The molecule has 3 N–H and O–H groups in total. The Bertz CT molecular complexity index is 369. The second-order valence-corrected chi connectivity index (χ2v) is 4.78. The summed E-state index contributed by atoms with van der Waals surface area (Å²) in [7, 11) is 1.64. The lowest BCUT2D eigenvalue weighted by Crippen LogP contribution is -2.30. The third kappa shape index (κ3) is 19.8. The molecule has 0 aromatic rings. The number of rotatable bonds is 10. The highest BCUT2D eigenvalue weighted by Gasteiger charge is 2.21. The van der Waals surface area contributed by atoms with Gasteiger partial charge >= 0.3 is 0 Å². The third-order valence-electron chi connectivity index (χ3n) is 2.89. The maximum Gasteiger partial charge on any atom is 0.253 e. The van der Waals surface area contributed by atoms with E-state index in [0.29, 0.717) is 26.1 Å². The molecule has 0 aromatic heterocycles. The van der Waals surface area contributed by atoms with E-state index in [-0.39, 0.29) is 18.2 Å². The molecule has 26 heavy (non-hydrogen) atoms. The quantitative estimate of drug-likeness (QED) is 0.341. The fraction of sp³-hybridized carbons (Fsp3) is 0.667. The van der Waals surface area contributed by atoms with Crippen LogP contribution in [0.3, 0.4) is 0 Å². The Balaban J connectivity index is -0.000000349. The van der Waals surface area contributed by atoms with E-state index in [1.807, 2.05) is 13.8 Å². The van der Waals surface area contributed by atoms with Crippen LogP contribution < -0.4 is 11.1 Å². The summed E-state index contributed by atoms with van der Waals surface area (Å²) in [6.07, 6.45) is 8.85. The molecule has 1 aliphatic rings. The number of primary amides is 1. The Kier molecular flexibility index (Phi) is 27.5. The van der Waals surface area contributed by atoms with Crippen molar-refractivity contribution >= 4 is 24.6 Å². The number of hydrogen-bond donors (Lipinski definition) is 2. The summed E-state index contributed by atoms with van der Waals surface area (Å²) in [6, 6.07) is 0. The van der Waals surface area contributed by atoms with Crippen molar-refractivity contribution in [3.8, 4) is 0 Å². The summed E-state index contributed by atoms with van der Waals surface area (Å²) in [5.41, 5.74) is 4.17. The van der Waals surface area contributed by atoms with E-state index >= 15 is 0 Å². The first kappa shape index (κ1) is 28.6. The van der Waals surface area contributed by atoms with Crippen LogP contribution in [0.4, 0.5) is 0 Å². The second-order valence-electron chi connectivity index (χ2n) is 4.78.